The Labute approximate surface area is 187 Å². The third kappa shape index (κ3) is 8.37. The van der Waals surface area contributed by atoms with Crippen molar-refractivity contribution < 1.29 is 27.8 Å². The predicted molar refractivity (Wildman–Crippen MR) is 118 cm³/mol. The van der Waals surface area contributed by atoms with Crippen molar-refractivity contribution in [3.8, 4) is 11.5 Å². The summed E-state index contributed by atoms with van der Waals surface area (Å²) in [5.74, 6) is 0.644. The molecule has 0 aliphatic heterocycles. The van der Waals surface area contributed by atoms with Crippen LogP contribution in [0.3, 0.4) is 0 Å². The summed E-state index contributed by atoms with van der Waals surface area (Å²) in [6.07, 6.45) is 14.3. The zero-order valence-corrected chi connectivity index (χ0v) is 19.0. The van der Waals surface area contributed by atoms with Crippen LogP contribution in [0.25, 0.3) is 0 Å². The highest BCUT2D eigenvalue weighted by Gasteiger charge is 2.18. The molecule has 2 fully saturated rings. The van der Waals surface area contributed by atoms with Gasteiger partial charge in [0, 0.05) is 18.9 Å². The molecule has 0 aromatic heterocycles. The second kappa shape index (κ2) is 12.3. The van der Waals surface area contributed by atoms with E-state index in [9.17, 15) is 18.4 Å². The second-order valence-corrected chi connectivity index (χ2v) is 9.89. The highest BCUT2D eigenvalue weighted by Crippen LogP contribution is 2.30. The van der Waals surface area contributed by atoms with E-state index in [1.54, 1.807) is 0 Å². The van der Waals surface area contributed by atoms with Crippen molar-refractivity contribution in [3.63, 3.8) is 0 Å². The van der Waals surface area contributed by atoms with Gasteiger partial charge in [-0.25, -0.2) is 4.21 Å². The van der Waals surface area contributed by atoms with Crippen LogP contribution in [0.15, 0.2) is 23.1 Å². The average Bonchev–Trinajstić information content (AvgIpc) is 2.77. The first-order valence-electron chi connectivity index (χ1n) is 11.7. The van der Waals surface area contributed by atoms with Gasteiger partial charge in [0.15, 0.2) is 11.1 Å². The minimum Gasteiger partial charge on any atom is -0.426 e. The molecule has 1 aromatic carbocycles. The Kier molecular flexibility index (Phi) is 9.53. The van der Waals surface area contributed by atoms with Gasteiger partial charge in [-0.05, 0) is 36.8 Å². The van der Waals surface area contributed by atoms with Gasteiger partial charge in [-0.2, -0.15) is 0 Å². The number of hydrogen-bond donors (Lipinski definition) is 1. The lowest BCUT2D eigenvalue weighted by molar-refractivity contribution is -0.135. The Morgan fingerprint density at radius 2 is 1.19 bits per heavy atom. The summed E-state index contributed by atoms with van der Waals surface area (Å²) in [5, 5.41) is 0. The molecule has 0 amide bonds. The van der Waals surface area contributed by atoms with E-state index >= 15 is 0 Å². The van der Waals surface area contributed by atoms with E-state index in [0.29, 0.717) is 24.7 Å². The molecule has 6 nitrogen and oxygen atoms in total. The third-order valence-corrected chi connectivity index (χ3v) is 7.12. The predicted octanol–water partition coefficient (Wildman–Crippen LogP) is 5.80. The number of hydrogen-bond acceptors (Lipinski definition) is 5. The van der Waals surface area contributed by atoms with Crippen LogP contribution in [0, 0.1) is 11.8 Å². The van der Waals surface area contributed by atoms with Crippen molar-refractivity contribution in [2.24, 2.45) is 11.8 Å². The van der Waals surface area contributed by atoms with Crippen molar-refractivity contribution in [2.75, 3.05) is 0 Å². The molecule has 1 aromatic rings. The van der Waals surface area contributed by atoms with Crippen molar-refractivity contribution in [3.05, 3.63) is 18.2 Å². The maximum atomic E-state index is 12.3. The molecule has 1 unspecified atom stereocenters. The number of rotatable bonds is 9. The molecule has 1 N–H and O–H groups in total. The summed E-state index contributed by atoms with van der Waals surface area (Å²) in [4.78, 5) is 24.6. The summed E-state index contributed by atoms with van der Waals surface area (Å²) in [5.41, 5.74) is 0. The molecule has 2 aliphatic rings. The fourth-order valence-electron chi connectivity index (χ4n) is 4.72. The molecule has 2 saturated carbocycles. The van der Waals surface area contributed by atoms with Gasteiger partial charge >= 0.3 is 11.9 Å². The van der Waals surface area contributed by atoms with E-state index in [0.717, 1.165) is 38.5 Å². The van der Waals surface area contributed by atoms with Gasteiger partial charge in [-0.1, -0.05) is 64.2 Å². The van der Waals surface area contributed by atoms with E-state index < -0.39 is 11.1 Å². The van der Waals surface area contributed by atoms with E-state index in [1.165, 1.54) is 56.7 Å². The van der Waals surface area contributed by atoms with Gasteiger partial charge in [-0.3, -0.25) is 9.59 Å². The van der Waals surface area contributed by atoms with Crippen LogP contribution in [0.1, 0.15) is 89.9 Å². The number of carbonyl (C=O) groups excluding carboxylic acids is 2. The van der Waals surface area contributed by atoms with Gasteiger partial charge in [0.05, 0.1) is 4.90 Å². The minimum atomic E-state index is -2.28. The zero-order chi connectivity index (χ0) is 22.1. The molecule has 0 spiro atoms. The minimum absolute atomic E-state index is 0.0349. The van der Waals surface area contributed by atoms with E-state index in [1.807, 2.05) is 0 Å². The van der Waals surface area contributed by atoms with Crippen LogP contribution in [0.4, 0.5) is 0 Å². The van der Waals surface area contributed by atoms with Crippen molar-refractivity contribution in [1.82, 2.24) is 0 Å². The lowest BCUT2D eigenvalue weighted by atomic mass is 9.86. The first-order chi connectivity index (χ1) is 15.0. The maximum absolute atomic E-state index is 12.3. The Balaban J connectivity index is 1.54. The van der Waals surface area contributed by atoms with Crippen LogP contribution < -0.4 is 9.47 Å². The van der Waals surface area contributed by atoms with E-state index in [-0.39, 0.29) is 28.3 Å². The second-order valence-electron chi connectivity index (χ2n) is 8.92. The Morgan fingerprint density at radius 3 is 1.58 bits per heavy atom. The third-order valence-electron chi connectivity index (χ3n) is 6.48. The highest BCUT2D eigenvalue weighted by molar-refractivity contribution is 7.79. The van der Waals surface area contributed by atoms with Crippen LogP contribution in [-0.4, -0.2) is 20.7 Å². The maximum Gasteiger partial charge on any atom is 0.311 e. The van der Waals surface area contributed by atoms with Crippen LogP contribution in [0.2, 0.25) is 0 Å². The fraction of sp³-hybridized carbons (Fsp3) is 0.667. The molecule has 0 saturated heterocycles. The van der Waals surface area contributed by atoms with Crippen molar-refractivity contribution in [2.45, 2.75) is 94.8 Å². The first-order valence-corrected chi connectivity index (χ1v) is 12.8. The monoisotopic (exact) mass is 450 g/mol. The number of benzene rings is 1. The first kappa shape index (κ1) is 23.9. The van der Waals surface area contributed by atoms with Crippen LogP contribution >= 0.6 is 0 Å². The normalized spacial score (nSPS) is 19.0. The van der Waals surface area contributed by atoms with Crippen molar-refractivity contribution in [1.29, 1.82) is 0 Å². The van der Waals surface area contributed by atoms with Gasteiger partial charge in [0.25, 0.3) is 0 Å². The van der Waals surface area contributed by atoms with Gasteiger partial charge in [0.1, 0.15) is 11.5 Å². The lowest BCUT2D eigenvalue weighted by Gasteiger charge is -2.21. The Morgan fingerprint density at radius 1 is 0.774 bits per heavy atom. The van der Waals surface area contributed by atoms with Gasteiger partial charge < -0.3 is 14.0 Å². The summed E-state index contributed by atoms with van der Waals surface area (Å²) in [7, 11) is 0. The molecular weight excluding hydrogens is 416 g/mol. The molecule has 3 rings (SSSR count). The van der Waals surface area contributed by atoms with Crippen molar-refractivity contribution >= 4 is 23.0 Å². The summed E-state index contributed by atoms with van der Waals surface area (Å²) in [6.45, 7) is 0. The standard InChI is InChI=1S/C24H34O6S/c25-23(13-11-18-7-3-1-4-8-18)29-20-15-21(17-22(16-20)31(27)28)30-24(26)14-12-19-9-5-2-6-10-19/h15-19H,1-14H2,(H,27,28). The molecule has 1 atom stereocenters. The quantitative estimate of drug-likeness (QED) is 0.290. The topological polar surface area (TPSA) is 89.9 Å². The number of esters is 2. The van der Waals surface area contributed by atoms with E-state index in [2.05, 4.69) is 0 Å². The molecule has 0 heterocycles. The molecule has 2 aliphatic carbocycles. The van der Waals surface area contributed by atoms with Gasteiger partial charge in [-0.15, -0.1) is 0 Å². The smallest absolute Gasteiger partial charge is 0.311 e. The molecule has 0 radical (unpaired) electrons. The van der Waals surface area contributed by atoms with Gasteiger partial charge in [0.2, 0.25) is 0 Å². The summed E-state index contributed by atoms with van der Waals surface area (Å²) < 4.78 is 31.8. The highest BCUT2D eigenvalue weighted by atomic mass is 32.2. The molecule has 7 heteroatoms. The Bertz CT molecular complexity index is 711. The molecule has 172 valence electrons. The number of carbonyl (C=O) groups is 2. The van der Waals surface area contributed by atoms with Crippen LogP contribution in [0.5, 0.6) is 11.5 Å². The average molecular weight is 451 g/mol. The molecule has 0 bridgehead atoms. The summed E-state index contributed by atoms with van der Waals surface area (Å²) >= 11 is -2.28. The zero-order valence-electron chi connectivity index (χ0n) is 18.2. The molecular formula is C24H34O6S. The fourth-order valence-corrected chi connectivity index (χ4v) is 5.16. The number of ether oxygens (including phenoxy) is 2. The Hall–Kier alpha value is -1.73. The molecule has 31 heavy (non-hydrogen) atoms. The lowest BCUT2D eigenvalue weighted by Crippen LogP contribution is -2.14. The summed E-state index contributed by atoms with van der Waals surface area (Å²) in [6, 6.07) is 4.12. The van der Waals surface area contributed by atoms with Crippen LogP contribution in [-0.2, 0) is 20.7 Å². The van der Waals surface area contributed by atoms with E-state index in [4.69, 9.17) is 9.47 Å². The SMILES string of the molecule is O=C(CCC1CCCCC1)Oc1cc(OC(=O)CCC2CCCCC2)cc(S(=O)O)c1. The largest absolute Gasteiger partial charge is 0.426 e.